The van der Waals surface area contributed by atoms with E-state index in [0.717, 1.165) is 37.1 Å². The number of ether oxygens (including phenoxy) is 3. The Morgan fingerprint density at radius 1 is 1.03 bits per heavy atom. The van der Waals surface area contributed by atoms with E-state index in [0.29, 0.717) is 36.6 Å². The lowest BCUT2D eigenvalue weighted by Gasteiger charge is -2.35. The molecule has 0 saturated carbocycles. The van der Waals surface area contributed by atoms with Crippen molar-refractivity contribution >= 4 is 11.9 Å². The molecule has 1 unspecified atom stereocenters. The van der Waals surface area contributed by atoms with Crippen LogP contribution in [-0.4, -0.2) is 56.7 Å². The van der Waals surface area contributed by atoms with Gasteiger partial charge in [-0.3, -0.25) is 9.59 Å². The van der Waals surface area contributed by atoms with Gasteiger partial charge < -0.3 is 24.4 Å². The van der Waals surface area contributed by atoms with Crippen molar-refractivity contribution in [2.45, 2.75) is 45.7 Å². The van der Waals surface area contributed by atoms with Gasteiger partial charge in [-0.25, -0.2) is 0 Å². The summed E-state index contributed by atoms with van der Waals surface area (Å²) in [5.41, 5.74) is 2.64. The van der Waals surface area contributed by atoms with Gasteiger partial charge in [0.25, 0.3) is 5.91 Å². The van der Waals surface area contributed by atoms with Crippen LogP contribution in [0.2, 0.25) is 0 Å². The van der Waals surface area contributed by atoms with Crippen molar-refractivity contribution in [3.8, 4) is 11.5 Å². The first-order valence-electron chi connectivity index (χ1n) is 11.9. The third-order valence-corrected chi connectivity index (χ3v) is 6.24. The van der Waals surface area contributed by atoms with Crippen LogP contribution in [0.3, 0.4) is 0 Å². The highest BCUT2D eigenvalue weighted by atomic mass is 16.5. The van der Waals surface area contributed by atoms with Crippen molar-refractivity contribution in [3.63, 3.8) is 0 Å². The lowest BCUT2D eigenvalue weighted by atomic mass is 9.99. The fraction of sp³-hybridized carbons (Fsp3) is 0.481. The van der Waals surface area contributed by atoms with Crippen molar-refractivity contribution in [1.82, 2.24) is 10.2 Å². The molecule has 7 nitrogen and oxygen atoms in total. The lowest BCUT2D eigenvalue weighted by Crippen LogP contribution is -2.45. The molecular formula is C27H36N2O5. The van der Waals surface area contributed by atoms with E-state index in [9.17, 15) is 9.59 Å². The van der Waals surface area contributed by atoms with Gasteiger partial charge in [-0.1, -0.05) is 25.1 Å². The molecule has 184 valence electrons. The Balaban J connectivity index is 1.81. The van der Waals surface area contributed by atoms with Crippen LogP contribution in [0.25, 0.3) is 0 Å². The molecule has 1 saturated heterocycles. The summed E-state index contributed by atoms with van der Waals surface area (Å²) in [5, 5.41) is 3.38. The average molecular weight is 469 g/mol. The van der Waals surface area contributed by atoms with Gasteiger partial charge in [-0.05, 0) is 74.7 Å². The van der Waals surface area contributed by atoms with Crippen LogP contribution >= 0.6 is 0 Å². The van der Waals surface area contributed by atoms with E-state index in [-0.39, 0.29) is 23.8 Å². The number of nitrogens with one attached hydrogen (secondary N) is 1. The van der Waals surface area contributed by atoms with Gasteiger partial charge in [0.2, 0.25) is 0 Å². The molecule has 0 bridgehead atoms. The van der Waals surface area contributed by atoms with Gasteiger partial charge in [0, 0.05) is 18.2 Å². The second-order valence-electron chi connectivity index (χ2n) is 8.66. The van der Waals surface area contributed by atoms with Crippen molar-refractivity contribution < 1.29 is 23.8 Å². The van der Waals surface area contributed by atoms with Crippen LogP contribution in [0.5, 0.6) is 11.5 Å². The Morgan fingerprint density at radius 2 is 1.71 bits per heavy atom. The van der Waals surface area contributed by atoms with Crippen molar-refractivity contribution in [2.24, 2.45) is 5.92 Å². The molecule has 34 heavy (non-hydrogen) atoms. The van der Waals surface area contributed by atoms with Crippen LogP contribution in [0.1, 0.15) is 48.2 Å². The first-order chi connectivity index (χ1) is 16.5. The molecule has 0 aromatic heterocycles. The topological polar surface area (TPSA) is 77.1 Å². The monoisotopic (exact) mass is 468 g/mol. The lowest BCUT2D eigenvalue weighted by molar-refractivity contribution is -0.144. The zero-order valence-corrected chi connectivity index (χ0v) is 20.6. The smallest absolute Gasteiger partial charge is 0.308 e. The number of piperidine rings is 1. The van der Waals surface area contributed by atoms with E-state index in [2.05, 4.69) is 5.32 Å². The molecule has 0 aliphatic carbocycles. The molecule has 2 aromatic carbocycles. The third-order valence-electron chi connectivity index (χ3n) is 6.24. The Bertz CT molecular complexity index is 954. The highest BCUT2D eigenvalue weighted by molar-refractivity contribution is 5.94. The number of benzene rings is 2. The summed E-state index contributed by atoms with van der Waals surface area (Å²) in [6.07, 6.45) is 2.40. The van der Waals surface area contributed by atoms with Gasteiger partial charge in [0.1, 0.15) is 0 Å². The summed E-state index contributed by atoms with van der Waals surface area (Å²) in [4.78, 5) is 27.4. The van der Waals surface area contributed by atoms with E-state index in [1.165, 1.54) is 7.11 Å². The average Bonchev–Trinajstić information content (AvgIpc) is 2.87. The van der Waals surface area contributed by atoms with E-state index >= 15 is 0 Å². The van der Waals surface area contributed by atoms with Gasteiger partial charge in [0.15, 0.2) is 11.5 Å². The number of amides is 1. The fourth-order valence-corrected chi connectivity index (χ4v) is 4.36. The van der Waals surface area contributed by atoms with Gasteiger partial charge in [0.05, 0.1) is 26.7 Å². The second kappa shape index (κ2) is 12.4. The van der Waals surface area contributed by atoms with Crippen LogP contribution in [0, 0.1) is 5.92 Å². The predicted molar refractivity (Wildman–Crippen MR) is 131 cm³/mol. The molecule has 2 aromatic rings. The molecule has 0 radical (unpaired) electrons. The molecule has 0 spiro atoms. The van der Waals surface area contributed by atoms with E-state index < -0.39 is 0 Å². The predicted octanol–water partition coefficient (Wildman–Crippen LogP) is 3.84. The number of methoxy groups -OCH3 is 2. The number of nitrogens with zero attached hydrogens (tertiary/aromatic N) is 1. The standard InChI is InChI=1S/C27H36N2O5/c1-5-34-25-17-21(8-11-24(25)32-3)18-29(23-12-14-28-15-13-23)26(30)22-9-6-20(7-10-22)16-19(2)27(31)33-4/h6-11,17,19,23,28H,5,12-16,18H2,1-4H3. The molecule has 1 fully saturated rings. The Labute approximate surface area is 202 Å². The summed E-state index contributed by atoms with van der Waals surface area (Å²) in [7, 11) is 3.02. The van der Waals surface area contributed by atoms with Crippen molar-refractivity contribution in [2.75, 3.05) is 33.9 Å². The highest BCUT2D eigenvalue weighted by Crippen LogP contribution is 2.29. The van der Waals surface area contributed by atoms with E-state index in [4.69, 9.17) is 14.2 Å². The SMILES string of the molecule is CCOc1cc(CN(C(=O)c2ccc(CC(C)C(=O)OC)cc2)C2CCNCC2)ccc1OC. The second-order valence-corrected chi connectivity index (χ2v) is 8.66. The Morgan fingerprint density at radius 3 is 2.32 bits per heavy atom. The molecule has 1 aliphatic rings. The van der Waals surface area contributed by atoms with Gasteiger partial charge in [-0.15, -0.1) is 0 Å². The fourth-order valence-electron chi connectivity index (χ4n) is 4.36. The van der Waals surface area contributed by atoms with Gasteiger partial charge >= 0.3 is 5.97 Å². The minimum atomic E-state index is -0.233. The molecule has 7 heteroatoms. The zero-order valence-electron chi connectivity index (χ0n) is 20.6. The summed E-state index contributed by atoms with van der Waals surface area (Å²) >= 11 is 0. The van der Waals surface area contributed by atoms with Crippen LogP contribution in [0.4, 0.5) is 0 Å². The Hall–Kier alpha value is -3.06. The number of rotatable bonds is 10. The molecule has 3 rings (SSSR count). The van der Waals surface area contributed by atoms with Crippen LogP contribution < -0.4 is 14.8 Å². The van der Waals surface area contributed by atoms with Crippen molar-refractivity contribution in [3.05, 3.63) is 59.2 Å². The molecule has 1 N–H and O–H groups in total. The van der Waals surface area contributed by atoms with Gasteiger partial charge in [-0.2, -0.15) is 0 Å². The molecule has 1 atom stereocenters. The highest BCUT2D eigenvalue weighted by Gasteiger charge is 2.27. The number of carbonyl (C=O) groups is 2. The molecular weight excluding hydrogens is 432 g/mol. The number of esters is 1. The van der Waals surface area contributed by atoms with Crippen LogP contribution in [-0.2, 0) is 22.5 Å². The zero-order chi connectivity index (χ0) is 24.5. The quantitative estimate of drug-likeness (QED) is 0.534. The first-order valence-corrected chi connectivity index (χ1v) is 11.9. The maximum absolute atomic E-state index is 13.6. The number of hydrogen-bond acceptors (Lipinski definition) is 6. The first kappa shape index (κ1) is 25.6. The summed E-state index contributed by atoms with van der Waals surface area (Å²) in [5.74, 6) is 0.912. The molecule has 1 aliphatic heterocycles. The largest absolute Gasteiger partial charge is 0.493 e. The Kier molecular flexibility index (Phi) is 9.33. The third kappa shape index (κ3) is 6.50. The summed E-state index contributed by atoms with van der Waals surface area (Å²) in [6.45, 7) is 6.60. The summed E-state index contributed by atoms with van der Waals surface area (Å²) < 4.78 is 16.0. The minimum absolute atomic E-state index is 0.00763. The molecule has 1 heterocycles. The maximum atomic E-state index is 13.6. The summed E-state index contributed by atoms with van der Waals surface area (Å²) in [6, 6.07) is 13.6. The van der Waals surface area contributed by atoms with Crippen LogP contribution in [0.15, 0.2) is 42.5 Å². The minimum Gasteiger partial charge on any atom is -0.493 e. The number of carbonyl (C=O) groups excluding carboxylic acids is 2. The maximum Gasteiger partial charge on any atom is 0.308 e. The van der Waals surface area contributed by atoms with E-state index in [1.54, 1.807) is 7.11 Å². The van der Waals surface area contributed by atoms with E-state index in [1.807, 2.05) is 61.2 Å². The normalized spacial score (nSPS) is 14.8. The number of hydrogen-bond donors (Lipinski definition) is 1. The molecule has 1 amide bonds. The van der Waals surface area contributed by atoms with Crippen molar-refractivity contribution in [1.29, 1.82) is 0 Å².